The van der Waals surface area contributed by atoms with Crippen LogP contribution in [0.5, 0.6) is 0 Å². The molecule has 1 atom stereocenters. The van der Waals surface area contributed by atoms with Gasteiger partial charge in [0.2, 0.25) is 5.91 Å². The van der Waals surface area contributed by atoms with Gasteiger partial charge in [-0.2, -0.15) is 0 Å². The number of carbonyl (C=O) groups excluding carboxylic acids is 1. The Labute approximate surface area is 120 Å². The number of aliphatic hydroxyl groups excluding tert-OH is 1. The minimum Gasteiger partial charge on any atom is -0.392 e. The van der Waals surface area contributed by atoms with Crippen molar-refractivity contribution in [2.75, 3.05) is 19.6 Å². The fourth-order valence-electron chi connectivity index (χ4n) is 2.98. The fourth-order valence-corrected chi connectivity index (χ4v) is 2.98. The molecule has 0 saturated carbocycles. The fraction of sp³-hybridized carbons (Fsp3) is 0.562. The predicted molar refractivity (Wildman–Crippen MR) is 79.3 cm³/mol. The zero-order valence-electron chi connectivity index (χ0n) is 12.1. The number of nitrogens with two attached hydrogens (primary N) is 1. The number of likely N-dealkylation sites (tertiary alicyclic amines) is 1. The van der Waals surface area contributed by atoms with E-state index in [1.807, 2.05) is 37.3 Å². The lowest BCUT2D eigenvalue weighted by molar-refractivity contribution is -0.125. The van der Waals surface area contributed by atoms with Gasteiger partial charge < -0.3 is 15.7 Å². The van der Waals surface area contributed by atoms with E-state index in [0.717, 1.165) is 37.9 Å². The van der Waals surface area contributed by atoms with Crippen LogP contribution in [0.25, 0.3) is 0 Å². The smallest absolute Gasteiger partial charge is 0.228 e. The summed E-state index contributed by atoms with van der Waals surface area (Å²) in [6, 6.07) is 9.83. The van der Waals surface area contributed by atoms with Crippen LogP contribution in [0.3, 0.4) is 0 Å². The number of nitrogens with zero attached hydrogens (tertiary/aromatic N) is 1. The summed E-state index contributed by atoms with van der Waals surface area (Å²) in [4.78, 5) is 14.2. The number of hydrogen-bond acceptors (Lipinski definition) is 3. The van der Waals surface area contributed by atoms with Crippen LogP contribution in [0.15, 0.2) is 30.3 Å². The molecule has 0 radical (unpaired) electrons. The zero-order valence-corrected chi connectivity index (χ0v) is 12.1. The van der Waals surface area contributed by atoms with E-state index < -0.39 is 5.41 Å². The van der Waals surface area contributed by atoms with Crippen LogP contribution in [0.1, 0.15) is 31.7 Å². The minimum absolute atomic E-state index is 0.237. The molecule has 1 saturated heterocycles. The molecule has 0 aliphatic carbocycles. The van der Waals surface area contributed by atoms with E-state index in [9.17, 15) is 9.90 Å². The number of benzene rings is 1. The Kier molecular flexibility index (Phi) is 4.78. The van der Waals surface area contributed by atoms with Crippen molar-refractivity contribution >= 4 is 5.91 Å². The van der Waals surface area contributed by atoms with Gasteiger partial charge >= 0.3 is 0 Å². The summed E-state index contributed by atoms with van der Waals surface area (Å²) in [6.45, 7) is 4.26. The summed E-state index contributed by atoms with van der Waals surface area (Å²) in [5.41, 5.74) is 6.17. The first-order valence-corrected chi connectivity index (χ1v) is 7.34. The van der Waals surface area contributed by atoms with E-state index >= 15 is 0 Å². The second-order valence-electron chi connectivity index (χ2n) is 5.68. The third-order valence-electron chi connectivity index (χ3n) is 4.45. The molecule has 0 aromatic heterocycles. The topological polar surface area (TPSA) is 66.6 Å². The number of rotatable bonds is 5. The van der Waals surface area contributed by atoms with Crippen molar-refractivity contribution < 1.29 is 9.90 Å². The van der Waals surface area contributed by atoms with E-state index in [4.69, 9.17) is 5.73 Å². The summed E-state index contributed by atoms with van der Waals surface area (Å²) >= 11 is 0. The molecule has 1 aromatic carbocycles. The molecule has 20 heavy (non-hydrogen) atoms. The molecular weight excluding hydrogens is 252 g/mol. The second-order valence-corrected chi connectivity index (χ2v) is 5.68. The third-order valence-corrected chi connectivity index (χ3v) is 4.45. The molecule has 2 rings (SSSR count). The van der Waals surface area contributed by atoms with Crippen LogP contribution >= 0.6 is 0 Å². The molecule has 0 bridgehead atoms. The molecule has 1 heterocycles. The van der Waals surface area contributed by atoms with Gasteiger partial charge in [-0.1, -0.05) is 37.3 Å². The summed E-state index contributed by atoms with van der Waals surface area (Å²) in [5, 5.41) is 9.73. The lowest BCUT2D eigenvalue weighted by atomic mass is 9.72. The van der Waals surface area contributed by atoms with Crippen molar-refractivity contribution in [3.8, 4) is 0 Å². The molecule has 4 nitrogen and oxygen atoms in total. The van der Waals surface area contributed by atoms with Crippen LogP contribution in [-0.4, -0.2) is 41.7 Å². The first-order chi connectivity index (χ1) is 9.58. The Morgan fingerprint density at radius 3 is 2.45 bits per heavy atom. The van der Waals surface area contributed by atoms with Crippen molar-refractivity contribution in [2.24, 2.45) is 5.73 Å². The lowest BCUT2D eigenvalue weighted by Crippen LogP contribution is -2.51. The zero-order chi connectivity index (χ0) is 14.6. The molecule has 1 aliphatic rings. The number of piperidine rings is 1. The monoisotopic (exact) mass is 276 g/mol. The number of carbonyl (C=O) groups is 1. The van der Waals surface area contributed by atoms with E-state index in [1.165, 1.54) is 0 Å². The lowest BCUT2D eigenvalue weighted by Gasteiger charge is -2.40. The highest BCUT2D eigenvalue weighted by Crippen LogP contribution is 2.35. The number of amides is 1. The van der Waals surface area contributed by atoms with Crippen LogP contribution < -0.4 is 5.73 Å². The van der Waals surface area contributed by atoms with E-state index in [2.05, 4.69) is 4.90 Å². The molecule has 3 N–H and O–H groups in total. The Hall–Kier alpha value is -1.39. The van der Waals surface area contributed by atoms with Gasteiger partial charge in [0.15, 0.2) is 0 Å². The molecule has 1 fully saturated rings. The van der Waals surface area contributed by atoms with Crippen LogP contribution in [0, 0.1) is 0 Å². The normalized spacial score (nSPS) is 20.5. The van der Waals surface area contributed by atoms with Crippen molar-refractivity contribution in [1.82, 2.24) is 4.90 Å². The average molecular weight is 276 g/mol. The van der Waals surface area contributed by atoms with Crippen LogP contribution in [0.2, 0.25) is 0 Å². The predicted octanol–water partition coefficient (Wildman–Crippen LogP) is 1.28. The standard InChI is InChI=1S/C16H24N2O2/c1-2-14(19)12-18-10-8-16(9-11-18,15(17)20)13-6-4-3-5-7-13/h3-7,14,19H,2,8-12H2,1H3,(H2,17,20)/t14-/m1/s1. The van der Waals surface area contributed by atoms with Crippen molar-refractivity contribution in [3.63, 3.8) is 0 Å². The maximum Gasteiger partial charge on any atom is 0.228 e. The molecule has 1 aliphatic heterocycles. The Bertz CT molecular complexity index is 439. The Morgan fingerprint density at radius 1 is 1.35 bits per heavy atom. The summed E-state index contributed by atoms with van der Waals surface area (Å²) in [6.07, 6.45) is 1.93. The van der Waals surface area contributed by atoms with Gasteiger partial charge in [0.25, 0.3) is 0 Å². The van der Waals surface area contributed by atoms with Crippen molar-refractivity contribution in [2.45, 2.75) is 37.7 Å². The summed E-state index contributed by atoms with van der Waals surface area (Å²) in [5.74, 6) is -0.237. The maximum atomic E-state index is 12.0. The first-order valence-electron chi connectivity index (χ1n) is 7.34. The number of hydrogen-bond donors (Lipinski definition) is 2. The largest absolute Gasteiger partial charge is 0.392 e. The molecule has 0 unspecified atom stereocenters. The minimum atomic E-state index is -0.547. The van der Waals surface area contributed by atoms with E-state index in [0.29, 0.717) is 6.54 Å². The molecule has 1 aromatic rings. The van der Waals surface area contributed by atoms with Gasteiger partial charge in [0.1, 0.15) is 0 Å². The average Bonchev–Trinajstić information content (AvgIpc) is 2.48. The van der Waals surface area contributed by atoms with Crippen LogP contribution in [0.4, 0.5) is 0 Å². The number of primary amides is 1. The highest BCUT2D eigenvalue weighted by molar-refractivity contribution is 5.86. The quantitative estimate of drug-likeness (QED) is 0.851. The van der Waals surface area contributed by atoms with Crippen molar-refractivity contribution in [3.05, 3.63) is 35.9 Å². The highest BCUT2D eigenvalue weighted by Gasteiger charge is 2.41. The van der Waals surface area contributed by atoms with Crippen LogP contribution in [-0.2, 0) is 10.2 Å². The highest BCUT2D eigenvalue weighted by atomic mass is 16.3. The van der Waals surface area contributed by atoms with Gasteiger partial charge in [-0.05, 0) is 37.9 Å². The van der Waals surface area contributed by atoms with Gasteiger partial charge in [0.05, 0.1) is 11.5 Å². The van der Waals surface area contributed by atoms with Gasteiger partial charge in [-0.15, -0.1) is 0 Å². The summed E-state index contributed by atoms with van der Waals surface area (Å²) in [7, 11) is 0. The second kappa shape index (κ2) is 6.37. The van der Waals surface area contributed by atoms with Gasteiger partial charge in [-0.3, -0.25) is 4.79 Å². The number of aliphatic hydroxyl groups is 1. The SMILES string of the molecule is CC[C@@H](O)CN1CCC(C(N)=O)(c2ccccc2)CC1. The molecule has 1 amide bonds. The summed E-state index contributed by atoms with van der Waals surface area (Å²) < 4.78 is 0. The molecule has 4 heteroatoms. The number of β-amino-alcohol motifs (C(OH)–C–C–N with tert-alkyl or cyclic N) is 1. The third kappa shape index (κ3) is 3.02. The maximum absolute atomic E-state index is 12.0. The van der Waals surface area contributed by atoms with Crippen molar-refractivity contribution in [1.29, 1.82) is 0 Å². The Balaban J connectivity index is 2.09. The Morgan fingerprint density at radius 2 is 1.95 bits per heavy atom. The van der Waals surface area contributed by atoms with E-state index in [-0.39, 0.29) is 12.0 Å². The van der Waals surface area contributed by atoms with E-state index in [1.54, 1.807) is 0 Å². The first kappa shape index (κ1) is 15.0. The molecular formula is C16H24N2O2. The van der Waals surface area contributed by atoms with Gasteiger partial charge in [0, 0.05) is 6.54 Å². The van der Waals surface area contributed by atoms with Gasteiger partial charge in [-0.25, -0.2) is 0 Å². The molecule has 110 valence electrons. The molecule has 0 spiro atoms.